The van der Waals surface area contributed by atoms with Crippen molar-refractivity contribution < 1.29 is 37.3 Å². The molecule has 7 aromatic carbocycles. The normalized spacial score (nSPS) is 16.4. The van der Waals surface area contributed by atoms with E-state index in [9.17, 15) is 0 Å². The second kappa shape index (κ2) is 41.2. The monoisotopic (exact) mass is 1590 g/mol. The second-order valence-electron chi connectivity index (χ2n) is 34.6. The minimum atomic E-state index is -3.32. The SMILES string of the molecule is CCCCCCCCCCCC1c2cc3c4cc2Oc2nc5ccccc5nc2Oc2cc5c(cc21)C(CCCCCCCCCCC)c1cc2c(cc1Oc1nc6ccccc6nc1O5)O[Si](CCC)(CCC)Oc1cc(c(cc1C2CCCCCCCCCCC)C3CCCCCCCCCCC)Oc1nc2ccccc2nc1O4. The number of para-hydroxylation sites is 6. The molecule has 3 aromatic heterocycles. The van der Waals surface area contributed by atoms with Crippen LogP contribution in [0, 0.1) is 0 Å². The van der Waals surface area contributed by atoms with Crippen LogP contribution < -0.4 is 37.3 Å². The molecule has 15 heteroatoms. The van der Waals surface area contributed by atoms with E-state index in [1.807, 2.05) is 72.8 Å². The molecular formula is C102H130N6O8Si. The summed E-state index contributed by atoms with van der Waals surface area (Å²) in [5.41, 5.74) is 12.7. The van der Waals surface area contributed by atoms with E-state index >= 15 is 0 Å². The van der Waals surface area contributed by atoms with Gasteiger partial charge >= 0.3 is 8.56 Å². The molecule has 0 saturated carbocycles. The summed E-state index contributed by atoms with van der Waals surface area (Å²) in [6, 6.07) is 44.5. The van der Waals surface area contributed by atoms with Gasteiger partial charge < -0.3 is 37.3 Å². The Hall–Kier alpha value is -8.82. The first-order chi connectivity index (χ1) is 57.7. The molecule has 0 amide bonds. The second-order valence-corrected chi connectivity index (χ2v) is 37.8. The number of benzene rings is 7. The van der Waals surface area contributed by atoms with Crippen LogP contribution in [0.1, 0.15) is 379 Å². The summed E-state index contributed by atoms with van der Waals surface area (Å²) in [6.07, 6.45) is 48.3. The molecule has 0 radical (unpaired) electrons. The van der Waals surface area contributed by atoms with Gasteiger partial charge in [-0.1, -0.05) is 322 Å². The van der Waals surface area contributed by atoms with E-state index in [-0.39, 0.29) is 59.0 Å². The highest BCUT2D eigenvalue weighted by molar-refractivity contribution is 6.69. The fourth-order valence-corrected chi connectivity index (χ4v) is 22.6. The van der Waals surface area contributed by atoms with Crippen molar-refractivity contribution in [2.45, 2.75) is 347 Å². The zero-order valence-corrected chi connectivity index (χ0v) is 72.4. The first kappa shape index (κ1) is 83.2. The summed E-state index contributed by atoms with van der Waals surface area (Å²) in [5.74, 6) is 5.96. The quantitative estimate of drug-likeness (QED) is 0.0263. The number of hydrogen-bond acceptors (Lipinski definition) is 14. The van der Waals surface area contributed by atoms with Crippen molar-refractivity contribution in [3.05, 3.63) is 166 Å². The van der Waals surface area contributed by atoms with E-state index in [2.05, 4.69) is 90.1 Å². The Labute approximate surface area is 698 Å². The largest absolute Gasteiger partial charge is 0.511 e. The third kappa shape index (κ3) is 20.2. The van der Waals surface area contributed by atoms with E-state index in [0.717, 1.165) is 177 Å². The van der Waals surface area contributed by atoms with Gasteiger partial charge in [0.2, 0.25) is 0 Å². The van der Waals surface area contributed by atoms with Crippen molar-refractivity contribution in [2.24, 2.45) is 0 Å². The van der Waals surface area contributed by atoms with Crippen molar-refractivity contribution >= 4 is 41.7 Å². The van der Waals surface area contributed by atoms with Crippen LogP contribution in [0.3, 0.4) is 0 Å². The van der Waals surface area contributed by atoms with Gasteiger partial charge in [-0.2, -0.15) is 0 Å². The molecule has 0 saturated heterocycles. The van der Waals surface area contributed by atoms with E-state index in [4.69, 9.17) is 67.2 Å². The Morgan fingerprint density at radius 2 is 0.393 bits per heavy atom. The fraction of sp³-hybridized carbons (Fsp3) is 0.529. The number of aromatic nitrogens is 6. The van der Waals surface area contributed by atoms with Crippen LogP contribution in [0.4, 0.5) is 0 Å². The van der Waals surface area contributed by atoms with Gasteiger partial charge in [0.25, 0.3) is 35.3 Å². The minimum absolute atomic E-state index is 0.194. The smallest absolute Gasteiger partial charge is 0.460 e. The Bertz CT molecular complexity index is 4670. The number of hydrogen-bond donors (Lipinski definition) is 0. The number of nitrogens with zero attached hydrogens (tertiary/aromatic N) is 6. The molecule has 620 valence electrons. The first-order valence-electron chi connectivity index (χ1n) is 46.7. The lowest BCUT2D eigenvalue weighted by Crippen LogP contribution is -2.49. The predicted octanol–water partition coefficient (Wildman–Crippen LogP) is 31.8. The minimum Gasteiger partial charge on any atom is -0.511 e. The van der Waals surface area contributed by atoms with Crippen LogP contribution in [0.2, 0.25) is 12.1 Å². The molecule has 10 aromatic rings. The summed E-state index contributed by atoms with van der Waals surface area (Å²) in [5, 5.41) is 0. The van der Waals surface area contributed by atoms with Crippen molar-refractivity contribution in [1.82, 2.24) is 29.9 Å². The molecule has 0 fully saturated rings. The van der Waals surface area contributed by atoms with Gasteiger partial charge in [-0.25, -0.2) is 29.9 Å². The molecule has 2 unspecified atom stereocenters. The standard InChI is InChI=1S/C102H130N6O8Si/c1-7-13-17-21-25-29-33-37-41-51-71-75-63-77-72(52-42-38-34-30-26-22-18-14-8-2)79-65-81-74(54-44-40-36-32-28-24-20-16-10-4)82-66-80-73(53-43-39-35-31-27-23-19-15-9-3)78-64-76(71)90-68-92(78)112-100-102(108-88-60-50-48-58-86(88)106-100)114-94(80)70-96(82)116-117(61-11-5,62-12-6)115-95(81)69-93(79)113-101-99(105-85-57-47-49-59-87(85)107-101)111-91(77)67-89(75)109-97-98(110-90)104-84-56-46-45-55-83(84)103-97/h45-50,55-60,63-74H,7-44,51-54,61-62H2,1-6H3. The molecule has 4 aliphatic heterocycles. The first-order valence-corrected chi connectivity index (χ1v) is 48.9. The summed E-state index contributed by atoms with van der Waals surface area (Å²) < 4.78 is 62.4. The molecule has 117 heavy (non-hydrogen) atoms. The van der Waals surface area contributed by atoms with Gasteiger partial charge in [-0.15, -0.1) is 0 Å². The van der Waals surface area contributed by atoms with Crippen LogP contribution >= 0.6 is 0 Å². The molecule has 1 aliphatic carbocycles. The highest BCUT2D eigenvalue weighted by Gasteiger charge is 2.46. The predicted molar refractivity (Wildman–Crippen MR) is 477 cm³/mol. The Balaban J connectivity index is 1.03. The fourth-order valence-electron chi connectivity index (χ4n) is 19.3. The number of fused-ring (bicyclic) bond motifs is 6. The molecule has 8 bridgehead atoms. The number of rotatable bonds is 44. The molecule has 0 spiro atoms. The molecule has 0 N–H and O–H groups in total. The van der Waals surface area contributed by atoms with Crippen molar-refractivity contribution in [1.29, 1.82) is 0 Å². The van der Waals surface area contributed by atoms with Gasteiger partial charge in [-0.3, -0.25) is 0 Å². The van der Waals surface area contributed by atoms with Gasteiger partial charge in [0.05, 0.1) is 33.1 Å². The maximum absolute atomic E-state index is 8.16. The lowest BCUT2D eigenvalue weighted by molar-refractivity contribution is 0.353. The van der Waals surface area contributed by atoms with Crippen molar-refractivity contribution in [2.75, 3.05) is 0 Å². The van der Waals surface area contributed by atoms with Crippen LogP contribution in [-0.2, 0) is 0 Å². The topological polar surface area (TPSA) is 151 Å². The molecule has 15 rings (SSSR count). The summed E-state index contributed by atoms with van der Waals surface area (Å²) in [4.78, 5) is 32.4. The van der Waals surface area contributed by atoms with Crippen LogP contribution in [0.15, 0.2) is 121 Å². The summed E-state index contributed by atoms with van der Waals surface area (Å²) in [7, 11) is -3.32. The summed E-state index contributed by atoms with van der Waals surface area (Å²) in [6.45, 7) is 13.8. The highest BCUT2D eigenvalue weighted by atomic mass is 28.4. The van der Waals surface area contributed by atoms with Gasteiger partial charge in [0.1, 0.15) is 46.0 Å². The average molecular weight is 1600 g/mol. The van der Waals surface area contributed by atoms with E-state index in [1.54, 1.807) is 0 Å². The van der Waals surface area contributed by atoms with Gasteiger partial charge in [0.15, 0.2) is 0 Å². The zero-order valence-electron chi connectivity index (χ0n) is 71.4. The Morgan fingerprint density at radius 3 is 0.590 bits per heavy atom. The molecule has 2 atom stereocenters. The number of unbranched alkanes of at least 4 members (excludes halogenated alkanes) is 32. The highest BCUT2D eigenvalue weighted by Crippen LogP contribution is 2.59. The van der Waals surface area contributed by atoms with Crippen LogP contribution in [0.25, 0.3) is 33.1 Å². The van der Waals surface area contributed by atoms with E-state index < -0.39 is 8.56 Å². The summed E-state index contributed by atoms with van der Waals surface area (Å²) >= 11 is 0. The lowest BCUT2D eigenvalue weighted by atomic mass is 9.76. The third-order valence-electron chi connectivity index (χ3n) is 25.6. The maximum atomic E-state index is 8.16. The van der Waals surface area contributed by atoms with E-state index in [1.165, 1.54) is 161 Å². The number of ether oxygens (including phenoxy) is 6. The third-order valence-corrected chi connectivity index (χ3v) is 29.3. The van der Waals surface area contributed by atoms with Gasteiger partial charge in [-0.05, 0) is 86.3 Å². The van der Waals surface area contributed by atoms with Crippen LogP contribution in [0.5, 0.6) is 81.3 Å². The molecule has 7 heterocycles. The van der Waals surface area contributed by atoms with Crippen molar-refractivity contribution in [3.63, 3.8) is 0 Å². The maximum Gasteiger partial charge on any atom is 0.460 e. The molecule has 14 nitrogen and oxygen atoms in total. The van der Waals surface area contributed by atoms with Gasteiger partial charge in [0, 0.05) is 105 Å². The van der Waals surface area contributed by atoms with Crippen molar-refractivity contribution in [3.8, 4) is 81.3 Å². The van der Waals surface area contributed by atoms with Crippen LogP contribution in [-0.4, -0.2) is 38.5 Å². The van der Waals surface area contributed by atoms with E-state index in [0.29, 0.717) is 67.6 Å². The Morgan fingerprint density at radius 1 is 0.214 bits per heavy atom. The molecule has 5 aliphatic rings. The molecular weight excluding hydrogens is 1470 g/mol. The lowest BCUT2D eigenvalue weighted by Gasteiger charge is -2.38. The zero-order chi connectivity index (χ0) is 80.1. The Kier molecular flexibility index (Phi) is 29.3. The average Bonchev–Trinajstić information content (AvgIpc) is 1.70.